The summed E-state index contributed by atoms with van der Waals surface area (Å²) in [5, 5.41) is 7.88. The van der Waals surface area contributed by atoms with Crippen LogP contribution >= 0.6 is 15.9 Å². The Balaban J connectivity index is 2.61. The van der Waals surface area contributed by atoms with Crippen molar-refractivity contribution in [1.82, 2.24) is 15.1 Å². The van der Waals surface area contributed by atoms with Gasteiger partial charge in [0.25, 0.3) is 0 Å². The van der Waals surface area contributed by atoms with Gasteiger partial charge in [0.05, 0.1) is 16.4 Å². The minimum atomic E-state index is 0.378. The minimum Gasteiger partial charge on any atom is -0.316 e. The number of nitrogens with one attached hydrogen (secondary N) is 1. The molecule has 0 bridgehead atoms. The van der Waals surface area contributed by atoms with Crippen LogP contribution in [0.25, 0.3) is 5.57 Å². The topological polar surface area (TPSA) is 29.9 Å². The number of hydrogen-bond acceptors (Lipinski definition) is 2. The first-order valence-corrected chi connectivity index (χ1v) is 7.83. The van der Waals surface area contributed by atoms with Crippen molar-refractivity contribution < 1.29 is 0 Å². The summed E-state index contributed by atoms with van der Waals surface area (Å²) in [5.41, 5.74) is 2.48. The molecule has 0 aliphatic heterocycles. The Labute approximate surface area is 125 Å². The maximum atomic E-state index is 4.42. The van der Waals surface area contributed by atoms with Crippen LogP contribution in [-0.2, 0) is 0 Å². The minimum absolute atomic E-state index is 0.378. The van der Waals surface area contributed by atoms with E-state index in [1.807, 2.05) is 6.20 Å². The van der Waals surface area contributed by atoms with Crippen LogP contribution in [-0.4, -0.2) is 22.9 Å². The molecule has 3 nitrogen and oxygen atoms in total. The predicted octanol–water partition coefficient (Wildman–Crippen LogP) is 4.27. The number of aromatic nitrogens is 2. The summed E-state index contributed by atoms with van der Waals surface area (Å²) < 4.78 is 3.14. The lowest BCUT2D eigenvalue weighted by atomic mass is 10.1. The molecule has 0 aromatic carbocycles. The first-order valence-electron chi connectivity index (χ1n) is 7.04. The lowest BCUT2D eigenvalue weighted by Crippen LogP contribution is -2.20. The van der Waals surface area contributed by atoms with Crippen LogP contribution in [0.15, 0.2) is 16.7 Å². The van der Waals surface area contributed by atoms with Crippen molar-refractivity contribution in [1.29, 1.82) is 0 Å². The molecule has 0 unspecified atom stereocenters. The third-order valence-corrected chi connectivity index (χ3v) is 3.52. The van der Waals surface area contributed by atoms with Gasteiger partial charge in [-0.05, 0) is 67.7 Å². The molecule has 1 aromatic heterocycles. The second kappa shape index (κ2) is 7.85. The van der Waals surface area contributed by atoms with E-state index >= 15 is 0 Å². The molecule has 0 atom stereocenters. The van der Waals surface area contributed by atoms with Gasteiger partial charge in [-0.15, -0.1) is 0 Å². The van der Waals surface area contributed by atoms with Crippen LogP contribution < -0.4 is 5.32 Å². The van der Waals surface area contributed by atoms with Crippen LogP contribution in [0.1, 0.15) is 52.8 Å². The smallest absolute Gasteiger partial charge is 0.0781 e. The summed E-state index contributed by atoms with van der Waals surface area (Å²) in [6.07, 6.45) is 5.21. The maximum absolute atomic E-state index is 4.42. The molecule has 0 radical (unpaired) electrons. The highest BCUT2D eigenvalue weighted by molar-refractivity contribution is 9.10. The Kier molecular flexibility index (Phi) is 6.80. The molecule has 1 aromatic rings. The Morgan fingerprint density at radius 2 is 2.11 bits per heavy atom. The predicted molar refractivity (Wildman–Crippen MR) is 86.3 cm³/mol. The van der Waals surface area contributed by atoms with Crippen LogP contribution in [0.5, 0.6) is 0 Å². The van der Waals surface area contributed by atoms with Gasteiger partial charge in [-0.1, -0.05) is 19.9 Å². The lowest BCUT2D eigenvalue weighted by molar-refractivity contribution is 0.526. The van der Waals surface area contributed by atoms with Crippen molar-refractivity contribution in [3.8, 4) is 0 Å². The molecular formula is C15H26BrN3. The molecule has 1 rings (SSSR count). The van der Waals surface area contributed by atoms with Crippen molar-refractivity contribution in [3.05, 3.63) is 22.4 Å². The summed E-state index contributed by atoms with van der Waals surface area (Å²) in [5.74, 6) is 0.710. The number of hydrogen-bond donors (Lipinski definition) is 1. The highest BCUT2D eigenvalue weighted by Gasteiger charge is 2.12. The van der Waals surface area contributed by atoms with Gasteiger partial charge in [-0.25, -0.2) is 0 Å². The van der Waals surface area contributed by atoms with Gasteiger partial charge >= 0.3 is 0 Å². The van der Waals surface area contributed by atoms with Crippen molar-refractivity contribution in [2.24, 2.45) is 5.92 Å². The fraction of sp³-hybridized carbons (Fsp3) is 0.667. The average molecular weight is 328 g/mol. The number of halogens is 1. The van der Waals surface area contributed by atoms with Gasteiger partial charge in [-0.3, -0.25) is 4.68 Å². The van der Waals surface area contributed by atoms with Crippen LogP contribution in [0.4, 0.5) is 0 Å². The van der Waals surface area contributed by atoms with Crippen LogP contribution in [0, 0.1) is 5.92 Å². The lowest BCUT2D eigenvalue weighted by Gasteiger charge is -2.12. The Hall–Kier alpha value is -0.610. The Morgan fingerprint density at radius 3 is 2.68 bits per heavy atom. The zero-order chi connectivity index (χ0) is 14.4. The van der Waals surface area contributed by atoms with E-state index in [0.29, 0.717) is 12.0 Å². The standard InChI is InChI=1S/C15H26BrN3/c1-11(2)9-17-8-6-7-13(5)15-14(16)10-18-19(15)12(3)4/h7,10-12,17H,6,8-9H2,1-5H3/b13-7-. The van der Waals surface area contributed by atoms with Gasteiger partial charge in [-0.2, -0.15) is 5.10 Å². The number of rotatable bonds is 7. The van der Waals surface area contributed by atoms with Crippen molar-refractivity contribution in [3.63, 3.8) is 0 Å². The monoisotopic (exact) mass is 327 g/mol. The molecule has 108 valence electrons. The summed E-state index contributed by atoms with van der Waals surface area (Å²) in [6, 6.07) is 0.378. The average Bonchev–Trinajstić information content (AvgIpc) is 2.70. The second-order valence-electron chi connectivity index (χ2n) is 5.65. The molecule has 0 amide bonds. The summed E-state index contributed by atoms with van der Waals surface area (Å²) in [4.78, 5) is 0. The van der Waals surface area contributed by atoms with Gasteiger partial charge in [0.15, 0.2) is 0 Å². The quantitative estimate of drug-likeness (QED) is 0.758. The highest BCUT2D eigenvalue weighted by Crippen LogP contribution is 2.26. The molecule has 0 spiro atoms. The molecule has 4 heteroatoms. The first kappa shape index (κ1) is 16.4. The van der Waals surface area contributed by atoms with Crippen LogP contribution in [0.3, 0.4) is 0 Å². The summed E-state index contributed by atoms with van der Waals surface area (Å²) in [7, 11) is 0. The zero-order valence-electron chi connectivity index (χ0n) is 12.7. The first-order chi connectivity index (χ1) is 8.93. The molecule has 0 saturated carbocycles. The SMILES string of the molecule is C/C(=C/CCNCC(C)C)c1c(Br)cnn1C(C)C. The number of allylic oxidation sites excluding steroid dienone is 1. The number of nitrogens with zero attached hydrogens (tertiary/aromatic N) is 2. The maximum Gasteiger partial charge on any atom is 0.0781 e. The molecule has 1 N–H and O–H groups in total. The molecule has 0 fully saturated rings. The van der Waals surface area contributed by atoms with E-state index in [1.165, 1.54) is 11.3 Å². The van der Waals surface area contributed by atoms with Crippen molar-refractivity contribution in [2.75, 3.05) is 13.1 Å². The fourth-order valence-corrected chi connectivity index (χ4v) is 2.57. The largest absolute Gasteiger partial charge is 0.316 e. The van der Waals surface area contributed by atoms with Crippen LogP contribution in [0.2, 0.25) is 0 Å². The summed E-state index contributed by atoms with van der Waals surface area (Å²) >= 11 is 3.59. The highest BCUT2D eigenvalue weighted by atomic mass is 79.9. The molecule has 19 heavy (non-hydrogen) atoms. The summed E-state index contributed by atoms with van der Waals surface area (Å²) in [6.45, 7) is 13.0. The van der Waals surface area contributed by atoms with E-state index in [0.717, 1.165) is 24.0 Å². The van der Waals surface area contributed by atoms with E-state index in [4.69, 9.17) is 0 Å². The van der Waals surface area contributed by atoms with E-state index in [9.17, 15) is 0 Å². The molecule has 0 aliphatic rings. The van der Waals surface area contributed by atoms with E-state index in [1.54, 1.807) is 0 Å². The third kappa shape index (κ3) is 5.11. The van der Waals surface area contributed by atoms with Gasteiger partial charge in [0.2, 0.25) is 0 Å². The van der Waals surface area contributed by atoms with Gasteiger partial charge in [0.1, 0.15) is 0 Å². The normalized spacial score (nSPS) is 12.7. The Bertz CT molecular complexity index is 419. The van der Waals surface area contributed by atoms with Gasteiger partial charge in [0, 0.05) is 6.04 Å². The van der Waals surface area contributed by atoms with Gasteiger partial charge < -0.3 is 5.32 Å². The third-order valence-electron chi connectivity index (χ3n) is 2.94. The van der Waals surface area contributed by atoms with Crippen molar-refractivity contribution in [2.45, 2.75) is 47.1 Å². The molecule has 1 heterocycles. The fourth-order valence-electron chi connectivity index (χ4n) is 1.98. The zero-order valence-corrected chi connectivity index (χ0v) is 14.3. The second-order valence-corrected chi connectivity index (χ2v) is 6.51. The molecule has 0 saturated heterocycles. The van der Waals surface area contributed by atoms with Crippen molar-refractivity contribution >= 4 is 21.5 Å². The molecular weight excluding hydrogens is 302 g/mol. The van der Waals surface area contributed by atoms with E-state index in [2.05, 4.69) is 71.7 Å². The van der Waals surface area contributed by atoms with E-state index in [-0.39, 0.29) is 0 Å². The molecule has 0 aliphatic carbocycles. The van der Waals surface area contributed by atoms with E-state index < -0.39 is 0 Å². The Morgan fingerprint density at radius 1 is 1.42 bits per heavy atom.